The summed E-state index contributed by atoms with van der Waals surface area (Å²) in [5.74, 6) is -1.38. The van der Waals surface area contributed by atoms with E-state index in [1.54, 1.807) is 27.7 Å². The van der Waals surface area contributed by atoms with Gasteiger partial charge in [-0.15, -0.1) is 0 Å². The van der Waals surface area contributed by atoms with E-state index in [0.29, 0.717) is 37.7 Å². The maximum absolute atomic E-state index is 13.3. The van der Waals surface area contributed by atoms with E-state index in [4.69, 9.17) is 0 Å². The predicted molar refractivity (Wildman–Crippen MR) is 128 cm³/mol. The van der Waals surface area contributed by atoms with Crippen LogP contribution in [0, 0.1) is 22.7 Å². The molecule has 200 valence electrons. The fraction of sp³-hybridized carbons (Fsp3) is 0.889. The topological polar surface area (TPSA) is 159 Å². The molecule has 0 amide bonds. The maximum Gasteiger partial charge on any atom is 0.187 e. The van der Waals surface area contributed by atoms with Gasteiger partial charge >= 0.3 is 0 Å². The predicted octanol–water partition coefficient (Wildman–Crippen LogP) is 0.969. The van der Waals surface area contributed by atoms with Crippen LogP contribution in [-0.2, 0) is 4.79 Å². The van der Waals surface area contributed by atoms with Crippen LogP contribution in [0.2, 0.25) is 0 Å². The summed E-state index contributed by atoms with van der Waals surface area (Å²) < 4.78 is 0. The zero-order valence-corrected chi connectivity index (χ0v) is 21.7. The van der Waals surface area contributed by atoms with E-state index < -0.39 is 63.2 Å². The molecule has 8 heteroatoms. The first-order chi connectivity index (χ1) is 15.8. The van der Waals surface area contributed by atoms with Crippen molar-refractivity contribution >= 4 is 5.78 Å². The van der Waals surface area contributed by atoms with E-state index in [0.717, 1.165) is 0 Å². The fourth-order valence-corrected chi connectivity index (χ4v) is 8.31. The van der Waals surface area contributed by atoms with Crippen LogP contribution in [0.5, 0.6) is 0 Å². The Morgan fingerprint density at radius 3 is 2.17 bits per heavy atom. The number of hydrogen-bond acceptors (Lipinski definition) is 8. The first-order valence-electron chi connectivity index (χ1n) is 13.0. The Hall–Kier alpha value is -0.870. The molecule has 0 heterocycles. The van der Waals surface area contributed by atoms with Gasteiger partial charge < -0.3 is 35.7 Å². The van der Waals surface area contributed by atoms with E-state index in [2.05, 4.69) is 0 Å². The van der Waals surface area contributed by atoms with Crippen molar-refractivity contribution in [1.29, 1.82) is 0 Å². The second kappa shape index (κ2) is 8.06. The molecule has 8 nitrogen and oxygen atoms in total. The smallest absolute Gasteiger partial charge is 0.187 e. The molecule has 0 spiro atoms. The van der Waals surface area contributed by atoms with Crippen molar-refractivity contribution in [3.63, 3.8) is 0 Å². The highest BCUT2D eigenvalue weighted by Gasteiger charge is 2.71. The van der Waals surface area contributed by atoms with Crippen molar-refractivity contribution in [1.82, 2.24) is 0 Å². The van der Waals surface area contributed by atoms with Gasteiger partial charge in [0, 0.05) is 17.3 Å². The van der Waals surface area contributed by atoms with Crippen molar-refractivity contribution < 1.29 is 40.5 Å². The molecule has 35 heavy (non-hydrogen) atoms. The Morgan fingerprint density at radius 1 is 0.971 bits per heavy atom. The second-order valence-electron chi connectivity index (χ2n) is 13.3. The molecule has 0 unspecified atom stereocenters. The fourth-order valence-electron chi connectivity index (χ4n) is 8.31. The minimum absolute atomic E-state index is 0.0437. The van der Waals surface area contributed by atoms with Crippen LogP contribution >= 0.6 is 0 Å². The largest absolute Gasteiger partial charge is 0.390 e. The molecule has 3 saturated carbocycles. The Bertz CT molecular complexity index is 907. The van der Waals surface area contributed by atoms with Crippen molar-refractivity contribution in [3.05, 3.63) is 11.6 Å². The molecule has 0 aromatic carbocycles. The third-order valence-corrected chi connectivity index (χ3v) is 10.7. The first kappa shape index (κ1) is 27.2. The molecule has 7 N–H and O–H groups in total. The van der Waals surface area contributed by atoms with Gasteiger partial charge in [-0.2, -0.15) is 0 Å². The van der Waals surface area contributed by atoms with Gasteiger partial charge in [-0.05, 0) is 89.2 Å². The Balaban J connectivity index is 1.70. The summed E-state index contributed by atoms with van der Waals surface area (Å²) in [5.41, 5.74) is -7.07. The van der Waals surface area contributed by atoms with Gasteiger partial charge in [0.1, 0.15) is 5.60 Å². The normalized spacial score (nSPS) is 48.3. The van der Waals surface area contributed by atoms with Crippen molar-refractivity contribution in [2.75, 3.05) is 0 Å². The lowest BCUT2D eigenvalue weighted by Gasteiger charge is -2.62. The van der Waals surface area contributed by atoms with E-state index in [9.17, 15) is 40.5 Å². The lowest BCUT2D eigenvalue weighted by atomic mass is 9.44. The number of carbonyl (C=O) groups excluding carboxylic acids is 1. The zero-order valence-electron chi connectivity index (χ0n) is 21.7. The molecule has 4 aliphatic carbocycles. The van der Waals surface area contributed by atoms with Crippen molar-refractivity contribution in [2.24, 2.45) is 22.7 Å². The summed E-state index contributed by atoms with van der Waals surface area (Å²) in [5, 5.41) is 77.0. The summed E-state index contributed by atoms with van der Waals surface area (Å²) in [7, 11) is 0. The summed E-state index contributed by atoms with van der Waals surface area (Å²) in [6.45, 7) is 8.58. The van der Waals surface area contributed by atoms with Crippen LogP contribution in [-0.4, -0.2) is 82.2 Å². The average Bonchev–Trinajstić information content (AvgIpc) is 3.01. The molecule has 0 aromatic rings. The number of ketones is 1. The third-order valence-electron chi connectivity index (χ3n) is 10.7. The SMILES string of the molecule is CC(C)(O)CC[C@@H](O)[C@](C)(O)[C@@H]1CC[C@@]2(O)C3=CC(=O)[C@]4(O)C[C@@H](O)[C@@H](O)C[C@@]4(C)[C@H]3CC[C@@]12C. The quantitative estimate of drug-likeness (QED) is 0.297. The van der Waals surface area contributed by atoms with Gasteiger partial charge in [0.2, 0.25) is 0 Å². The van der Waals surface area contributed by atoms with Gasteiger partial charge in [0.15, 0.2) is 5.78 Å². The van der Waals surface area contributed by atoms with Gasteiger partial charge in [-0.25, -0.2) is 0 Å². The van der Waals surface area contributed by atoms with Gasteiger partial charge in [0.25, 0.3) is 0 Å². The Labute approximate surface area is 207 Å². The summed E-state index contributed by atoms with van der Waals surface area (Å²) in [6, 6.07) is 0. The highest BCUT2D eigenvalue weighted by atomic mass is 16.3. The van der Waals surface area contributed by atoms with Crippen LogP contribution < -0.4 is 0 Å². The molecule has 0 bridgehead atoms. The number of hydrogen-bond donors (Lipinski definition) is 7. The summed E-state index contributed by atoms with van der Waals surface area (Å²) in [4.78, 5) is 13.3. The molecule has 4 rings (SSSR count). The van der Waals surface area contributed by atoms with E-state index in [-0.39, 0.29) is 25.2 Å². The molecule has 0 aliphatic heterocycles. The van der Waals surface area contributed by atoms with E-state index in [1.165, 1.54) is 6.08 Å². The Kier molecular flexibility index (Phi) is 6.26. The number of aliphatic hydroxyl groups excluding tert-OH is 3. The molecule has 3 fully saturated rings. The molecule has 0 saturated heterocycles. The van der Waals surface area contributed by atoms with E-state index >= 15 is 0 Å². The highest BCUT2D eigenvalue weighted by Crippen LogP contribution is 2.69. The molecule has 10 atom stereocenters. The minimum Gasteiger partial charge on any atom is -0.390 e. The zero-order chi connectivity index (χ0) is 26.4. The number of aliphatic hydroxyl groups is 7. The molecule has 4 aliphatic rings. The third kappa shape index (κ3) is 3.70. The van der Waals surface area contributed by atoms with Crippen LogP contribution in [0.3, 0.4) is 0 Å². The summed E-state index contributed by atoms with van der Waals surface area (Å²) in [6.07, 6.45) is 0.0884. The molecular weight excluding hydrogens is 452 g/mol. The monoisotopic (exact) mass is 496 g/mol. The number of fused-ring (bicyclic) bond motifs is 5. The van der Waals surface area contributed by atoms with Gasteiger partial charge in [-0.1, -0.05) is 13.8 Å². The minimum atomic E-state index is -1.82. The van der Waals surface area contributed by atoms with Crippen molar-refractivity contribution in [3.8, 4) is 0 Å². The van der Waals surface area contributed by atoms with Crippen LogP contribution in [0.15, 0.2) is 11.6 Å². The Morgan fingerprint density at radius 2 is 1.57 bits per heavy atom. The lowest BCUT2D eigenvalue weighted by Crippen LogP contribution is -2.69. The number of rotatable bonds is 5. The van der Waals surface area contributed by atoms with Gasteiger partial charge in [-0.3, -0.25) is 4.79 Å². The molecule has 0 aromatic heterocycles. The van der Waals surface area contributed by atoms with Crippen LogP contribution in [0.25, 0.3) is 0 Å². The van der Waals surface area contributed by atoms with Crippen LogP contribution in [0.4, 0.5) is 0 Å². The molecule has 0 radical (unpaired) electrons. The average molecular weight is 497 g/mol. The second-order valence-corrected chi connectivity index (χ2v) is 13.3. The molecular formula is C27H44O8. The van der Waals surface area contributed by atoms with Crippen molar-refractivity contribution in [2.45, 2.75) is 127 Å². The maximum atomic E-state index is 13.3. The van der Waals surface area contributed by atoms with Crippen LogP contribution in [0.1, 0.15) is 86.0 Å². The standard InChI is InChI=1S/C27H44O8/c1-22(2,32)9-8-20(30)25(5,33)19-7-11-26(34)16-12-21(31)27(35)14-18(29)17(28)13-24(27,4)15(16)6-10-23(19,26)3/h12,15,17-20,28-30,32-35H,6-11,13-14H2,1-5H3/t15-,17-,18+,19+,20+,23-,24-,25+,26+,27+/m0/s1. The summed E-state index contributed by atoms with van der Waals surface area (Å²) >= 11 is 0. The lowest BCUT2D eigenvalue weighted by molar-refractivity contribution is -0.211. The highest BCUT2D eigenvalue weighted by molar-refractivity contribution is 6.00. The number of carbonyl (C=O) groups is 1. The van der Waals surface area contributed by atoms with Gasteiger partial charge in [0.05, 0.1) is 35.1 Å². The first-order valence-corrected chi connectivity index (χ1v) is 13.0. The van der Waals surface area contributed by atoms with E-state index in [1.807, 2.05) is 6.92 Å².